The first-order chi connectivity index (χ1) is 17.0. The van der Waals surface area contributed by atoms with Gasteiger partial charge >= 0.3 is 12.0 Å². The van der Waals surface area contributed by atoms with E-state index in [-0.39, 0.29) is 17.9 Å². The Labute approximate surface area is 204 Å². The van der Waals surface area contributed by atoms with Crippen molar-refractivity contribution >= 4 is 22.9 Å². The number of hydrogen-bond donors (Lipinski definition) is 2. The third kappa shape index (κ3) is 4.77. The van der Waals surface area contributed by atoms with Crippen molar-refractivity contribution in [2.75, 3.05) is 6.54 Å². The van der Waals surface area contributed by atoms with Gasteiger partial charge in [0.25, 0.3) is 0 Å². The normalized spacial score (nSPS) is 18.2. The molecule has 2 N–H and O–H groups in total. The summed E-state index contributed by atoms with van der Waals surface area (Å²) in [7, 11) is 0. The molecule has 2 atom stereocenters. The van der Waals surface area contributed by atoms with Gasteiger partial charge < -0.3 is 19.9 Å². The van der Waals surface area contributed by atoms with E-state index in [1.165, 1.54) is 12.1 Å². The predicted molar refractivity (Wildman–Crippen MR) is 133 cm³/mol. The second kappa shape index (κ2) is 9.72. The SMILES string of the molecule is CCC(C(=O)O)n1c2c(c3cc(F)ccc31)C[C@@H](N(CC1CC1)C(=O)NCc1ccccc1)CC2. The fourth-order valence-corrected chi connectivity index (χ4v) is 5.49. The van der Waals surface area contributed by atoms with E-state index in [1.807, 2.05) is 46.7 Å². The summed E-state index contributed by atoms with van der Waals surface area (Å²) in [5, 5.41) is 13.7. The number of halogens is 1. The molecule has 6 nitrogen and oxygen atoms in total. The fraction of sp³-hybridized carbons (Fsp3) is 0.429. The zero-order valence-electron chi connectivity index (χ0n) is 20.0. The number of nitrogens with one attached hydrogen (secondary N) is 1. The van der Waals surface area contributed by atoms with Gasteiger partial charge in [0.05, 0.1) is 0 Å². The van der Waals surface area contributed by atoms with Gasteiger partial charge in [0.2, 0.25) is 0 Å². The summed E-state index contributed by atoms with van der Waals surface area (Å²) in [6.07, 6.45) is 4.75. The Balaban J connectivity index is 1.45. The molecule has 1 heterocycles. The molecule has 0 spiro atoms. The number of nitrogens with zero attached hydrogens (tertiary/aromatic N) is 2. The molecule has 7 heteroatoms. The molecule has 0 radical (unpaired) electrons. The van der Waals surface area contributed by atoms with Crippen molar-refractivity contribution in [3.8, 4) is 0 Å². The molecule has 5 rings (SSSR count). The monoisotopic (exact) mass is 477 g/mol. The third-order valence-electron chi connectivity index (χ3n) is 7.46. The molecule has 0 saturated heterocycles. The average molecular weight is 478 g/mol. The van der Waals surface area contributed by atoms with Crippen LogP contribution in [0.25, 0.3) is 10.9 Å². The maximum absolute atomic E-state index is 14.3. The molecule has 1 saturated carbocycles. The summed E-state index contributed by atoms with van der Waals surface area (Å²) >= 11 is 0. The molecule has 1 aromatic heterocycles. The molecule has 0 aliphatic heterocycles. The minimum Gasteiger partial charge on any atom is -0.480 e. The van der Waals surface area contributed by atoms with E-state index in [0.29, 0.717) is 31.7 Å². The molecule has 2 amide bonds. The lowest BCUT2D eigenvalue weighted by Crippen LogP contribution is -2.49. The number of fused-ring (bicyclic) bond motifs is 3. The molecule has 3 aromatic rings. The third-order valence-corrected chi connectivity index (χ3v) is 7.46. The van der Waals surface area contributed by atoms with Crippen molar-refractivity contribution < 1.29 is 19.1 Å². The van der Waals surface area contributed by atoms with Crippen LogP contribution in [0.1, 0.15) is 55.5 Å². The highest BCUT2D eigenvalue weighted by molar-refractivity contribution is 5.88. The zero-order chi connectivity index (χ0) is 24.5. The van der Waals surface area contributed by atoms with Crippen LogP contribution in [0.15, 0.2) is 48.5 Å². The highest BCUT2D eigenvalue weighted by Crippen LogP contribution is 2.38. The lowest BCUT2D eigenvalue weighted by molar-refractivity contribution is -0.140. The van der Waals surface area contributed by atoms with Crippen LogP contribution in [0, 0.1) is 11.7 Å². The lowest BCUT2D eigenvalue weighted by atomic mass is 9.90. The highest BCUT2D eigenvalue weighted by atomic mass is 19.1. The number of rotatable bonds is 8. The van der Waals surface area contributed by atoms with Gasteiger partial charge in [-0.25, -0.2) is 14.0 Å². The molecule has 2 aliphatic rings. The van der Waals surface area contributed by atoms with Gasteiger partial charge in [-0.3, -0.25) is 0 Å². The number of hydrogen-bond acceptors (Lipinski definition) is 2. The first-order valence-electron chi connectivity index (χ1n) is 12.6. The number of aliphatic carboxylic acids is 1. The molecule has 1 unspecified atom stereocenters. The molecule has 35 heavy (non-hydrogen) atoms. The van der Waals surface area contributed by atoms with E-state index in [1.54, 1.807) is 6.07 Å². The minimum absolute atomic E-state index is 0.00825. The standard InChI is InChI=1S/C28H32FN3O3/c1-2-24(27(33)34)32-25-12-10-20(29)14-22(25)23-15-21(11-13-26(23)32)31(17-19-8-9-19)28(35)30-16-18-6-4-3-5-7-18/h3-7,10,12,14,19,21,24H,2,8-9,11,13,15-17H2,1H3,(H,30,35)(H,33,34)/t21-,24?/m0/s1. The summed E-state index contributed by atoms with van der Waals surface area (Å²) in [5.74, 6) is -0.679. The lowest BCUT2D eigenvalue weighted by Gasteiger charge is -2.35. The summed E-state index contributed by atoms with van der Waals surface area (Å²) in [6, 6.07) is 13.7. The van der Waals surface area contributed by atoms with Crippen molar-refractivity contribution in [3.05, 3.63) is 71.2 Å². The molecule has 1 fully saturated rings. The van der Waals surface area contributed by atoms with Crippen molar-refractivity contribution in [1.82, 2.24) is 14.8 Å². The number of carbonyl (C=O) groups is 2. The van der Waals surface area contributed by atoms with Crippen LogP contribution in [0.4, 0.5) is 9.18 Å². The molecular formula is C28H32FN3O3. The van der Waals surface area contributed by atoms with Gasteiger partial charge in [0, 0.05) is 35.7 Å². The summed E-state index contributed by atoms with van der Waals surface area (Å²) in [5.41, 5.74) is 3.75. The van der Waals surface area contributed by atoms with Crippen LogP contribution >= 0.6 is 0 Å². The van der Waals surface area contributed by atoms with Gasteiger partial charge in [-0.2, -0.15) is 0 Å². The Bertz CT molecular complexity index is 1240. The van der Waals surface area contributed by atoms with E-state index < -0.39 is 12.0 Å². The van der Waals surface area contributed by atoms with Crippen LogP contribution in [-0.4, -0.2) is 39.2 Å². The number of aromatic nitrogens is 1. The van der Waals surface area contributed by atoms with Gasteiger partial charge in [0.1, 0.15) is 11.9 Å². The number of amides is 2. The molecule has 184 valence electrons. The number of carboxylic acids is 1. The Morgan fingerprint density at radius 3 is 2.63 bits per heavy atom. The minimum atomic E-state index is -0.880. The summed E-state index contributed by atoms with van der Waals surface area (Å²) in [6.45, 7) is 3.06. The van der Waals surface area contributed by atoms with Gasteiger partial charge in [0.15, 0.2) is 0 Å². The Kier molecular flexibility index (Phi) is 6.50. The van der Waals surface area contributed by atoms with Crippen LogP contribution in [0.2, 0.25) is 0 Å². The fourth-order valence-electron chi connectivity index (χ4n) is 5.49. The van der Waals surface area contributed by atoms with E-state index in [4.69, 9.17) is 0 Å². The summed E-state index contributed by atoms with van der Waals surface area (Å²) in [4.78, 5) is 27.4. The number of carbonyl (C=O) groups excluding carboxylic acids is 1. The van der Waals surface area contributed by atoms with E-state index in [2.05, 4.69) is 5.32 Å². The van der Waals surface area contributed by atoms with Gasteiger partial charge in [-0.05, 0) is 73.8 Å². The second-order valence-electron chi connectivity index (χ2n) is 9.86. The van der Waals surface area contributed by atoms with Gasteiger partial charge in [-0.1, -0.05) is 37.3 Å². The number of benzene rings is 2. The van der Waals surface area contributed by atoms with Crippen molar-refractivity contribution in [1.29, 1.82) is 0 Å². The summed E-state index contributed by atoms with van der Waals surface area (Å²) < 4.78 is 16.2. The average Bonchev–Trinajstić information content (AvgIpc) is 3.64. The molecule has 0 bridgehead atoms. The van der Waals surface area contributed by atoms with Crippen LogP contribution in [-0.2, 0) is 24.2 Å². The quantitative estimate of drug-likeness (QED) is 0.463. The largest absolute Gasteiger partial charge is 0.480 e. The zero-order valence-corrected chi connectivity index (χ0v) is 20.0. The first-order valence-corrected chi connectivity index (χ1v) is 12.6. The Morgan fingerprint density at radius 2 is 1.94 bits per heavy atom. The van der Waals surface area contributed by atoms with Crippen LogP contribution in [0.3, 0.4) is 0 Å². The van der Waals surface area contributed by atoms with Crippen LogP contribution in [0.5, 0.6) is 0 Å². The Hall–Kier alpha value is -3.35. The van der Waals surface area contributed by atoms with Gasteiger partial charge in [-0.15, -0.1) is 0 Å². The molecule has 2 aliphatic carbocycles. The molecular weight excluding hydrogens is 445 g/mol. The highest BCUT2D eigenvalue weighted by Gasteiger charge is 2.36. The number of urea groups is 1. The first kappa shape index (κ1) is 23.4. The maximum atomic E-state index is 14.3. The second-order valence-corrected chi connectivity index (χ2v) is 9.86. The Morgan fingerprint density at radius 1 is 1.17 bits per heavy atom. The van der Waals surface area contributed by atoms with Crippen molar-refractivity contribution in [2.24, 2.45) is 5.92 Å². The van der Waals surface area contributed by atoms with Crippen molar-refractivity contribution in [2.45, 2.75) is 64.1 Å². The van der Waals surface area contributed by atoms with E-state index in [9.17, 15) is 19.1 Å². The van der Waals surface area contributed by atoms with Crippen LogP contribution < -0.4 is 5.32 Å². The van der Waals surface area contributed by atoms with E-state index in [0.717, 1.165) is 53.5 Å². The number of carboxylic acid groups (broad SMARTS) is 1. The maximum Gasteiger partial charge on any atom is 0.326 e. The van der Waals surface area contributed by atoms with E-state index >= 15 is 0 Å². The van der Waals surface area contributed by atoms with Crippen molar-refractivity contribution in [3.63, 3.8) is 0 Å². The predicted octanol–water partition coefficient (Wildman–Crippen LogP) is 5.30. The smallest absolute Gasteiger partial charge is 0.326 e. The topological polar surface area (TPSA) is 74.6 Å². The molecule has 2 aromatic carbocycles.